The van der Waals surface area contributed by atoms with Crippen LogP contribution < -0.4 is 10.1 Å². The Bertz CT molecular complexity index is 1000. The van der Waals surface area contributed by atoms with E-state index in [0.29, 0.717) is 11.2 Å². The third-order valence-electron chi connectivity index (χ3n) is 5.01. The van der Waals surface area contributed by atoms with E-state index in [4.69, 9.17) is 4.74 Å². The molecule has 3 aromatic rings. The lowest BCUT2D eigenvalue weighted by Crippen LogP contribution is -2.27. The van der Waals surface area contributed by atoms with Crippen LogP contribution in [0, 0.1) is 6.92 Å². The van der Waals surface area contributed by atoms with E-state index in [1.54, 1.807) is 0 Å². The number of pyridine rings is 1. The number of amides is 1. The molecular weight excluding hydrogens is 372 g/mol. The van der Waals surface area contributed by atoms with Gasteiger partial charge in [0.15, 0.2) is 5.13 Å². The van der Waals surface area contributed by atoms with Gasteiger partial charge in [-0.25, -0.2) is 4.98 Å². The van der Waals surface area contributed by atoms with E-state index >= 15 is 0 Å². The van der Waals surface area contributed by atoms with Gasteiger partial charge in [0.2, 0.25) is 5.91 Å². The largest absolute Gasteiger partial charge is 0.488 e. The lowest BCUT2D eigenvalue weighted by molar-refractivity contribution is -0.114. The molecule has 3 heterocycles. The number of hydrogen-bond donors (Lipinski definition) is 1. The Kier molecular flexibility index (Phi) is 5.28. The number of aryl methyl sites for hydroxylation is 1. The summed E-state index contributed by atoms with van der Waals surface area (Å²) in [5.74, 6) is 0.808. The number of anilines is 1. The highest BCUT2D eigenvalue weighted by Gasteiger charge is 2.31. The Labute approximate surface area is 168 Å². The summed E-state index contributed by atoms with van der Waals surface area (Å²) in [5.41, 5.74) is 2.16. The van der Waals surface area contributed by atoms with Crippen LogP contribution in [0.5, 0.6) is 5.75 Å². The summed E-state index contributed by atoms with van der Waals surface area (Å²) < 4.78 is 6.39. The van der Waals surface area contributed by atoms with Crippen molar-refractivity contribution < 1.29 is 9.53 Å². The monoisotopic (exact) mass is 396 g/mol. The number of likely N-dealkylation sites (tertiary alicyclic amines) is 1. The molecule has 1 N–H and O–H groups in total. The zero-order valence-corrected chi connectivity index (χ0v) is 17.1. The lowest BCUT2D eigenvalue weighted by atomic mass is 10.1. The average molecular weight is 397 g/mol. The van der Waals surface area contributed by atoms with Crippen molar-refractivity contribution in [3.63, 3.8) is 0 Å². The fourth-order valence-corrected chi connectivity index (χ4v) is 4.54. The van der Waals surface area contributed by atoms with Crippen LogP contribution in [0.4, 0.5) is 5.13 Å². The van der Waals surface area contributed by atoms with Gasteiger partial charge < -0.3 is 10.1 Å². The smallest absolute Gasteiger partial charge is 0.223 e. The third kappa shape index (κ3) is 4.15. The topological polar surface area (TPSA) is 67.4 Å². The molecule has 28 heavy (non-hydrogen) atoms. The molecule has 2 aromatic heterocycles. The second kappa shape index (κ2) is 7.85. The molecule has 1 saturated heterocycles. The number of thiazole rings is 1. The maximum Gasteiger partial charge on any atom is 0.223 e. The number of nitrogens with one attached hydrogen (secondary N) is 1. The van der Waals surface area contributed by atoms with Crippen LogP contribution in [-0.2, 0) is 11.3 Å². The molecule has 1 aromatic carbocycles. The highest BCUT2D eigenvalue weighted by molar-refractivity contribution is 7.15. The molecule has 0 saturated carbocycles. The number of carbonyl (C=O) groups is 1. The van der Waals surface area contributed by atoms with Crippen LogP contribution in [0.3, 0.4) is 0 Å². The number of nitrogens with zero attached hydrogens (tertiary/aromatic N) is 3. The summed E-state index contributed by atoms with van der Waals surface area (Å²) in [5, 5.41) is 4.46. The molecule has 1 amide bonds. The molecule has 7 heteroatoms. The van der Waals surface area contributed by atoms with Crippen LogP contribution >= 0.6 is 11.3 Å². The molecule has 2 atom stereocenters. The van der Waals surface area contributed by atoms with Gasteiger partial charge in [0, 0.05) is 55.1 Å². The molecule has 0 spiro atoms. The molecule has 4 rings (SSSR count). The molecule has 0 aliphatic carbocycles. The molecule has 1 aliphatic rings. The van der Waals surface area contributed by atoms with Crippen LogP contribution in [0.15, 0.2) is 36.7 Å². The Balaban J connectivity index is 1.44. The van der Waals surface area contributed by atoms with E-state index in [1.165, 1.54) is 23.8 Å². The van der Waals surface area contributed by atoms with Gasteiger partial charge in [0.05, 0.1) is 5.52 Å². The first-order valence-electron chi connectivity index (χ1n) is 9.46. The van der Waals surface area contributed by atoms with Gasteiger partial charge in [-0.05, 0) is 32.0 Å². The van der Waals surface area contributed by atoms with Gasteiger partial charge in [-0.1, -0.05) is 11.6 Å². The van der Waals surface area contributed by atoms with Crippen molar-refractivity contribution in [3.05, 3.63) is 47.1 Å². The van der Waals surface area contributed by atoms with Crippen molar-refractivity contribution in [2.75, 3.05) is 11.9 Å². The number of aromatic nitrogens is 2. The summed E-state index contributed by atoms with van der Waals surface area (Å²) in [6, 6.07) is 8.62. The summed E-state index contributed by atoms with van der Waals surface area (Å²) in [7, 11) is 0. The predicted octanol–water partition coefficient (Wildman–Crippen LogP) is 4.00. The molecule has 0 radical (unpaired) electrons. The zero-order valence-electron chi connectivity index (χ0n) is 16.3. The molecule has 0 unspecified atom stereocenters. The van der Waals surface area contributed by atoms with Gasteiger partial charge in [-0.3, -0.25) is 14.7 Å². The van der Waals surface area contributed by atoms with E-state index in [2.05, 4.69) is 46.2 Å². The zero-order chi connectivity index (χ0) is 19.7. The van der Waals surface area contributed by atoms with Gasteiger partial charge in [-0.15, -0.1) is 11.3 Å². The van der Waals surface area contributed by atoms with E-state index in [0.717, 1.165) is 41.0 Å². The molecule has 146 valence electrons. The minimum Gasteiger partial charge on any atom is -0.488 e. The molecular formula is C21H24N4O2S. The number of benzene rings is 1. The average Bonchev–Trinajstić information content (AvgIpc) is 3.21. The number of ether oxygens (including phenoxy) is 1. The van der Waals surface area contributed by atoms with Crippen molar-refractivity contribution >= 4 is 33.3 Å². The van der Waals surface area contributed by atoms with Gasteiger partial charge in [-0.2, -0.15) is 0 Å². The minimum absolute atomic E-state index is 0.0938. The standard InChI is InChI=1S/C21H24N4O2S/c1-13-4-5-19-18(8-13)20(6-7-22-19)27-16-9-14(2)25(11-16)12-17-10-23-21(28-17)24-15(3)26/h4-8,10,14,16H,9,11-12H2,1-3H3,(H,23,24,26)/t14-,16+/m0/s1. The van der Waals surface area contributed by atoms with Crippen LogP contribution in [-0.4, -0.2) is 39.5 Å². The molecule has 0 bridgehead atoms. The summed E-state index contributed by atoms with van der Waals surface area (Å²) in [6.45, 7) is 7.49. The fraction of sp³-hybridized carbons (Fsp3) is 0.381. The summed E-state index contributed by atoms with van der Waals surface area (Å²) >= 11 is 1.52. The summed E-state index contributed by atoms with van der Waals surface area (Å²) in [4.78, 5) is 23.4. The maximum atomic E-state index is 11.2. The fourth-order valence-electron chi connectivity index (χ4n) is 3.66. The first-order valence-corrected chi connectivity index (χ1v) is 10.3. The Morgan fingerprint density at radius 2 is 2.21 bits per heavy atom. The number of hydrogen-bond acceptors (Lipinski definition) is 6. The maximum absolute atomic E-state index is 11.2. The predicted molar refractivity (Wildman–Crippen MR) is 112 cm³/mol. The Morgan fingerprint density at radius 3 is 3.04 bits per heavy atom. The van der Waals surface area contributed by atoms with Crippen LogP contribution in [0.1, 0.15) is 30.7 Å². The second-order valence-electron chi connectivity index (χ2n) is 7.40. The van der Waals surface area contributed by atoms with Gasteiger partial charge >= 0.3 is 0 Å². The van der Waals surface area contributed by atoms with Crippen molar-refractivity contribution in [1.29, 1.82) is 0 Å². The minimum atomic E-state index is -0.0938. The molecule has 6 nitrogen and oxygen atoms in total. The van der Waals surface area contributed by atoms with Crippen molar-refractivity contribution in [1.82, 2.24) is 14.9 Å². The van der Waals surface area contributed by atoms with Crippen LogP contribution in [0.25, 0.3) is 10.9 Å². The van der Waals surface area contributed by atoms with Gasteiger partial charge in [0.1, 0.15) is 11.9 Å². The van der Waals surface area contributed by atoms with E-state index < -0.39 is 0 Å². The van der Waals surface area contributed by atoms with Crippen molar-refractivity contribution in [2.45, 2.75) is 45.9 Å². The van der Waals surface area contributed by atoms with E-state index in [9.17, 15) is 4.79 Å². The summed E-state index contributed by atoms with van der Waals surface area (Å²) in [6.07, 6.45) is 4.77. The highest BCUT2D eigenvalue weighted by atomic mass is 32.1. The first-order chi connectivity index (χ1) is 13.5. The van der Waals surface area contributed by atoms with Crippen molar-refractivity contribution in [2.24, 2.45) is 0 Å². The normalized spacial score (nSPS) is 19.8. The SMILES string of the molecule is CC(=O)Nc1ncc(CN2C[C@H](Oc3ccnc4ccc(C)cc34)C[C@@H]2C)s1. The number of rotatable bonds is 5. The quantitative estimate of drug-likeness (QED) is 0.706. The number of carbonyl (C=O) groups excluding carboxylic acids is 1. The molecule has 1 aliphatic heterocycles. The second-order valence-corrected chi connectivity index (χ2v) is 8.51. The lowest BCUT2D eigenvalue weighted by Gasteiger charge is -2.19. The Morgan fingerprint density at radius 1 is 1.36 bits per heavy atom. The van der Waals surface area contributed by atoms with Crippen LogP contribution in [0.2, 0.25) is 0 Å². The number of fused-ring (bicyclic) bond motifs is 1. The van der Waals surface area contributed by atoms with Gasteiger partial charge in [0.25, 0.3) is 0 Å². The van der Waals surface area contributed by atoms with E-state index in [-0.39, 0.29) is 12.0 Å². The Hall–Kier alpha value is -2.51. The molecule has 1 fully saturated rings. The highest BCUT2D eigenvalue weighted by Crippen LogP contribution is 2.30. The van der Waals surface area contributed by atoms with Crippen molar-refractivity contribution in [3.8, 4) is 5.75 Å². The third-order valence-corrected chi connectivity index (χ3v) is 5.91. The first kappa shape index (κ1) is 18.8. The van der Waals surface area contributed by atoms with E-state index in [1.807, 2.05) is 24.5 Å².